The number of nitrogens with zero attached hydrogens (tertiary/aromatic N) is 2. The van der Waals surface area contributed by atoms with Crippen LogP contribution in [0.25, 0.3) is 0 Å². The SMILES string of the molecule is Cc1noc(NC(C)(CN)C(C)C)n1. The largest absolute Gasteiger partial charge is 0.331 e. The molecule has 0 fully saturated rings. The van der Waals surface area contributed by atoms with Crippen LogP contribution in [0.5, 0.6) is 0 Å². The zero-order valence-electron chi connectivity index (χ0n) is 9.16. The fourth-order valence-corrected chi connectivity index (χ4v) is 1.02. The molecule has 0 radical (unpaired) electrons. The van der Waals surface area contributed by atoms with Gasteiger partial charge in [0, 0.05) is 6.54 Å². The van der Waals surface area contributed by atoms with E-state index in [0.717, 1.165) is 0 Å². The number of aromatic nitrogens is 2. The Labute approximate surface area is 84.1 Å². The number of rotatable bonds is 4. The monoisotopic (exact) mass is 198 g/mol. The first-order valence-electron chi connectivity index (χ1n) is 4.76. The molecule has 0 amide bonds. The summed E-state index contributed by atoms with van der Waals surface area (Å²) in [6.07, 6.45) is 0. The van der Waals surface area contributed by atoms with Gasteiger partial charge in [0.1, 0.15) is 0 Å². The van der Waals surface area contributed by atoms with E-state index in [1.54, 1.807) is 6.92 Å². The van der Waals surface area contributed by atoms with Crippen molar-refractivity contribution in [1.82, 2.24) is 10.1 Å². The number of nitrogens with one attached hydrogen (secondary N) is 1. The predicted octanol–water partition coefficient (Wildman–Crippen LogP) is 1.16. The molecular weight excluding hydrogens is 180 g/mol. The molecule has 1 aromatic rings. The van der Waals surface area contributed by atoms with Crippen LogP contribution < -0.4 is 11.1 Å². The molecule has 0 aliphatic heterocycles. The summed E-state index contributed by atoms with van der Waals surface area (Å²) in [4.78, 5) is 4.08. The van der Waals surface area contributed by atoms with Gasteiger partial charge in [-0.25, -0.2) is 0 Å². The maximum atomic E-state index is 5.71. The van der Waals surface area contributed by atoms with Crippen molar-refractivity contribution in [1.29, 1.82) is 0 Å². The van der Waals surface area contributed by atoms with Crippen molar-refractivity contribution in [2.45, 2.75) is 33.2 Å². The standard InChI is InChI=1S/C9H18N4O/c1-6(2)9(4,5-10)12-8-11-7(3)13-14-8/h6H,5,10H2,1-4H3,(H,11,12,13). The van der Waals surface area contributed by atoms with Crippen LogP contribution in [0.2, 0.25) is 0 Å². The van der Waals surface area contributed by atoms with Crippen molar-refractivity contribution in [2.75, 3.05) is 11.9 Å². The number of anilines is 1. The lowest BCUT2D eigenvalue weighted by Crippen LogP contribution is -2.47. The van der Waals surface area contributed by atoms with E-state index >= 15 is 0 Å². The predicted molar refractivity (Wildman–Crippen MR) is 55.0 cm³/mol. The quantitative estimate of drug-likeness (QED) is 0.759. The van der Waals surface area contributed by atoms with Gasteiger partial charge in [-0.15, -0.1) is 0 Å². The summed E-state index contributed by atoms with van der Waals surface area (Å²) < 4.78 is 4.98. The second kappa shape index (κ2) is 3.96. The molecule has 80 valence electrons. The fraction of sp³-hybridized carbons (Fsp3) is 0.778. The number of hydrogen-bond donors (Lipinski definition) is 2. The van der Waals surface area contributed by atoms with Crippen LogP contribution in [0.3, 0.4) is 0 Å². The van der Waals surface area contributed by atoms with Crippen LogP contribution in [0.15, 0.2) is 4.52 Å². The molecule has 0 aliphatic rings. The van der Waals surface area contributed by atoms with E-state index in [1.807, 2.05) is 6.92 Å². The molecule has 1 aromatic heterocycles. The third kappa shape index (κ3) is 2.23. The lowest BCUT2D eigenvalue weighted by molar-refractivity contribution is 0.353. The molecule has 0 saturated carbocycles. The molecule has 1 atom stereocenters. The summed E-state index contributed by atoms with van der Waals surface area (Å²) in [6, 6.07) is 0.434. The maximum Gasteiger partial charge on any atom is 0.321 e. The third-order valence-electron chi connectivity index (χ3n) is 2.62. The van der Waals surface area contributed by atoms with Crippen LogP contribution in [0, 0.1) is 12.8 Å². The van der Waals surface area contributed by atoms with E-state index in [4.69, 9.17) is 10.3 Å². The van der Waals surface area contributed by atoms with Gasteiger partial charge in [-0.1, -0.05) is 19.0 Å². The normalized spacial score (nSPS) is 15.6. The first kappa shape index (κ1) is 11.0. The number of aryl methyl sites for hydroxylation is 1. The van der Waals surface area contributed by atoms with Crippen LogP contribution in [-0.2, 0) is 0 Å². The average Bonchev–Trinajstić information content (AvgIpc) is 2.50. The van der Waals surface area contributed by atoms with Gasteiger partial charge in [0.05, 0.1) is 5.54 Å². The summed E-state index contributed by atoms with van der Waals surface area (Å²) in [6.45, 7) is 8.54. The van der Waals surface area contributed by atoms with E-state index in [-0.39, 0.29) is 5.54 Å². The molecule has 3 N–H and O–H groups in total. The lowest BCUT2D eigenvalue weighted by atomic mass is 9.89. The summed E-state index contributed by atoms with van der Waals surface area (Å²) in [7, 11) is 0. The summed E-state index contributed by atoms with van der Waals surface area (Å²) in [5.41, 5.74) is 5.50. The minimum Gasteiger partial charge on any atom is -0.331 e. The molecule has 0 aliphatic carbocycles. The topological polar surface area (TPSA) is 77.0 Å². The number of nitrogens with two attached hydrogens (primary N) is 1. The molecule has 0 saturated heterocycles. The maximum absolute atomic E-state index is 5.71. The Kier molecular flexibility index (Phi) is 3.10. The van der Waals surface area contributed by atoms with Gasteiger partial charge < -0.3 is 15.6 Å². The van der Waals surface area contributed by atoms with Crippen LogP contribution in [0.1, 0.15) is 26.6 Å². The Morgan fingerprint density at radius 1 is 1.57 bits per heavy atom. The van der Waals surface area contributed by atoms with Crippen LogP contribution >= 0.6 is 0 Å². The molecule has 1 heterocycles. The summed E-state index contributed by atoms with van der Waals surface area (Å²) in [5, 5.41) is 6.87. The Morgan fingerprint density at radius 2 is 2.21 bits per heavy atom. The number of hydrogen-bond acceptors (Lipinski definition) is 5. The lowest BCUT2D eigenvalue weighted by Gasteiger charge is -2.32. The van der Waals surface area contributed by atoms with E-state index in [0.29, 0.717) is 24.3 Å². The first-order chi connectivity index (χ1) is 6.48. The van der Waals surface area contributed by atoms with Crippen molar-refractivity contribution < 1.29 is 4.52 Å². The highest BCUT2D eigenvalue weighted by atomic mass is 16.5. The smallest absolute Gasteiger partial charge is 0.321 e. The minimum absolute atomic E-state index is 0.209. The van der Waals surface area contributed by atoms with Crippen LogP contribution in [-0.4, -0.2) is 22.2 Å². The second-order valence-electron chi connectivity index (χ2n) is 4.05. The van der Waals surface area contributed by atoms with Gasteiger partial charge in [-0.2, -0.15) is 4.98 Å². The van der Waals surface area contributed by atoms with Gasteiger partial charge in [0.2, 0.25) is 0 Å². The Morgan fingerprint density at radius 3 is 2.57 bits per heavy atom. The fourth-order valence-electron chi connectivity index (χ4n) is 1.02. The zero-order chi connectivity index (χ0) is 10.8. The summed E-state index contributed by atoms with van der Waals surface area (Å²) in [5.74, 6) is 1.01. The van der Waals surface area contributed by atoms with E-state index in [1.165, 1.54) is 0 Å². The average molecular weight is 198 g/mol. The van der Waals surface area contributed by atoms with Gasteiger partial charge in [0.25, 0.3) is 0 Å². The van der Waals surface area contributed by atoms with Gasteiger partial charge in [-0.3, -0.25) is 0 Å². The van der Waals surface area contributed by atoms with Crippen molar-refractivity contribution in [3.05, 3.63) is 5.82 Å². The van der Waals surface area contributed by atoms with E-state index < -0.39 is 0 Å². The molecule has 0 spiro atoms. The second-order valence-corrected chi connectivity index (χ2v) is 4.05. The minimum atomic E-state index is -0.209. The van der Waals surface area contributed by atoms with Crippen molar-refractivity contribution in [3.8, 4) is 0 Å². The Hall–Kier alpha value is -1.10. The van der Waals surface area contributed by atoms with Gasteiger partial charge in [0.15, 0.2) is 5.82 Å². The van der Waals surface area contributed by atoms with Gasteiger partial charge >= 0.3 is 6.01 Å². The first-order valence-corrected chi connectivity index (χ1v) is 4.76. The zero-order valence-corrected chi connectivity index (χ0v) is 9.16. The molecule has 0 bridgehead atoms. The Bertz CT molecular complexity index is 297. The highest BCUT2D eigenvalue weighted by Crippen LogP contribution is 2.20. The summed E-state index contributed by atoms with van der Waals surface area (Å²) >= 11 is 0. The molecule has 1 unspecified atom stereocenters. The molecule has 0 aromatic carbocycles. The van der Waals surface area contributed by atoms with E-state index in [9.17, 15) is 0 Å². The molecule has 5 nitrogen and oxygen atoms in total. The highest BCUT2D eigenvalue weighted by molar-refractivity contribution is 5.25. The van der Waals surface area contributed by atoms with E-state index in [2.05, 4.69) is 29.3 Å². The van der Waals surface area contributed by atoms with Crippen LogP contribution in [0.4, 0.5) is 6.01 Å². The molecular formula is C9H18N4O. The van der Waals surface area contributed by atoms with Crippen molar-refractivity contribution >= 4 is 6.01 Å². The molecule has 14 heavy (non-hydrogen) atoms. The molecule has 1 rings (SSSR count). The van der Waals surface area contributed by atoms with Gasteiger partial charge in [-0.05, 0) is 19.8 Å². The van der Waals surface area contributed by atoms with Crippen molar-refractivity contribution in [2.24, 2.45) is 11.7 Å². The third-order valence-corrected chi connectivity index (χ3v) is 2.62. The molecule has 5 heteroatoms. The Balaban J connectivity index is 2.75. The highest BCUT2D eigenvalue weighted by Gasteiger charge is 2.28. The van der Waals surface area contributed by atoms with Crippen molar-refractivity contribution in [3.63, 3.8) is 0 Å².